The number of nitrogens with zero attached hydrogens (tertiary/aromatic N) is 1. The van der Waals surface area contributed by atoms with Gasteiger partial charge in [0.1, 0.15) is 11.6 Å². The number of hydrogen-bond donors (Lipinski definition) is 2. The third-order valence-corrected chi connectivity index (χ3v) is 2.68. The first kappa shape index (κ1) is 8.27. The molecule has 0 aromatic rings. The van der Waals surface area contributed by atoms with Crippen molar-refractivity contribution in [2.24, 2.45) is 0 Å². The molecule has 0 aromatic carbocycles. The van der Waals surface area contributed by atoms with Gasteiger partial charge in [0.25, 0.3) is 5.91 Å². The highest BCUT2D eigenvalue weighted by atomic mass is 16.3. The van der Waals surface area contributed by atoms with Crippen molar-refractivity contribution >= 4 is 5.91 Å². The van der Waals surface area contributed by atoms with Gasteiger partial charge in [-0.15, -0.1) is 0 Å². The number of nitriles is 1. The quantitative estimate of drug-likeness (QED) is 0.556. The number of carbonyl (C=O) groups excluding carboxylic acids is 1. The van der Waals surface area contributed by atoms with Crippen molar-refractivity contribution in [2.45, 2.75) is 31.4 Å². The predicted octanol–water partition coefficient (Wildman–Crippen LogP) is 0.199. The molecule has 0 saturated heterocycles. The molecule has 2 aliphatic rings. The average Bonchev–Trinajstić information content (AvgIpc) is 2.34. The van der Waals surface area contributed by atoms with Gasteiger partial charge in [0, 0.05) is 5.57 Å². The van der Waals surface area contributed by atoms with Crippen molar-refractivity contribution < 1.29 is 9.90 Å². The third-order valence-electron chi connectivity index (χ3n) is 2.68. The largest absolute Gasteiger partial charge is 0.367 e. The molecule has 2 rings (SSSR count). The van der Waals surface area contributed by atoms with E-state index in [0.717, 1.165) is 12.8 Å². The molecule has 1 saturated carbocycles. The number of aliphatic hydroxyl groups is 1. The molecule has 0 radical (unpaired) electrons. The number of amides is 1. The Kier molecular flexibility index (Phi) is 1.64. The van der Waals surface area contributed by atoms with Crippen LogP contribution in [0.2, 0.25) is 0 Å². The van der Waals surface area contributed by atoms with Gasteiger partial charge in [-0.05, 0) is 25.7 Å². The van der Waals surface area contributed by atoms with E-state index >= 15 is 0 Å². The molecule has 1 amide bonds. The van der Waals surface area contributed by atoms with Crippen LogP contribution in [-0.4, -0.2) is 16.7 Å². The second kappa shape index (κ2) is 2.57. The molecule has 1 heterocycles. The number of fused-ring (bicyclic) bond motifs is 1. The minimum atomic E-state index is -1.21. The number of hydrogen-bond acceptors (Lipinski definition) is 3. The Morgan fingerprint density at radius 2 is 2.31 bits per heavy atom. The summed E-state index contributed by atoms with van der Waals surface area (Å²) in [6, 6.07) is 1.85. The average molecular weight is 178 g/mol. The van der Waals surface area contributed by atoms with E-state index in [9.17, 15) is 9.90 Å². The Morgan fingerprint density at radius 1 is 1.54 bits per heavy atom. The number of rotatable bonds is 0. The SMILES string of the molecule is N#CC1=C2CCCC[C@]2(O)NC1=O. The van der Waals surface area contributed by atoms with Crippen LogP contribution in [0.5, 0.6) is 0 Å². The topological polar surface area (TPSA) is 73.1 Å². The lowest BCUT2D eigenvalue weighted by Crippen LogP contribution is -2.45. The monoisotopic (exact) mass is 178 g/mol. The minimum Gasteiger partial charge on any atom is -0.367 e. The summed E-state index contributed by atoms with van der Waals surface area (Å²) in [4.78, 5) is 11.2. The maximum atomic E-state index is 11.2. The van der Waals surface area contributed by atoms with Crippen LogP contribution in [-0.2, 0) is 4.79 Å². The smallest absolute Gasteiger partial charge is 0.264 e. The summed E-state index contributed by atoms with van der Waals surface area (Å²) in [6.07, 6.45) is 3.01. The summed E-state index contributed by atoms with van der Waals surface area (Å²) < 4.78 is 0. The van der Waals surface area contributed by atoms with Crippen LogP contribution in [0.1, 0.15) is 25.7 Å². The van der Waals surface area contributed by atoms with Crippen molar-refractivity contribution in [2.75, 3.05) is 0 Å². The van der Waals surface area contributed by atoms with Gasteiger partial charge >= 0.3 is 0 Å². The highest BCUT2D eigenvalue weighted by Gasteiger charge is 2.44. The van der Waals surface area contributed by atoms with Crippen molar-refractivity contribution in [3.63, 3.8) is 0 Å². The molecule has 1 atom stereocenters. The second-order valence-electron chi connectivity index (χ2n) is 3.49. The molecule has 4 nitrogen and oxygen atoms in total. The normalized spacial score (nSPS) is 32.5. The fraction of sp³-hybridized carbons (Fsp3) is 0.556. The van der Waals surface area contributed by atoms with E-state index in [1.807, 2.05) is 6.07 Å². The Balaban J connectivity index is 2.47. The van der Waals surface area contributed by atoms with Crippen LogP contribution in [0.15, 0.2) is 11.1 Å². The van der Waals surface area contributed by atoms with E-state index in [-0.39, 0.29) is 5.57 Å². The van der Waals surface area contributed by atoms with Crippen LogP contribution in [0.3, 0.4) is 0 Å². The Bertz CT molecular complexity index is 340. The maximum absolute atomic E-state index is 11.2. The van der Waals surface area contributed by atoms with Crippen molar-refractivity contribution in [3.8, 4) is 6.07 Å². The summed E-state index contributed by atoms with van der Waals surface area (Å²) in [5.41, 5.74) is -0.506. The Hall–Kier alpha value is -1.34. The van der Waals surface area contributed by atoms with Crippen molar-refractivity contribution in [3.05, 3.63) is 11.1 Å². The minimum absolute atomic E-state index is 0.113. The molecule has 1 aliphatic carbocycles. The zero-order chi connectivity index (χ0) is 9.47. The third kappa shape index (κ3) is 1.04. The Morgan fingerprint density at radius 3 is 3.00 bits per heavy atom. The molecule has 0 aromatic heterocycles. The van der Waals surface area contributed by atoms with Crippen LogP contribution in [0.4, 0.5) is 0 Å². The molecule has 1 aliphatic heterocycles. The summed E-state index contributed by atoms with van der Waals surface area (Å²) >= 11 is 0. The lowest BCUT2D eigenvalue weighted by atomic mass is 9.86. The summed E-state index contributed by atoms with van der Waals surface area (Å²) in [5.74, 6) is -0.429. The van der Waals surface area contributed by atoms with Crippen molar-refractivity contribution in [1.29, 1.82) is 5.26 Å². The molecule has 4 heteroatoms. The maximum Gasteiger partial charge on any atom is 0.264 e. The fourth-order valence-electron chi connectivity index (χ4n) is 2.02. The first-order chi connectivity index (χ1) is 6.17. The van der Waals surface area contributed by atoms with E-state index < -0.39 is 11.6 Å². The molecule has 13 heavy (non-hydrogen) atoms. The second-order valence-corrected chi connectivity index (χ2v) is 3.49. The van der Waals surface area contributed by atoms with Gasteiger partial charge in [0.2, 0.25) is 0 Å². The lowest BCUT2D eigenvalue weighted by molar-refractivity contribution is -0.120. The summed E-state index contributed by atoms with van der Waals surface area (Å²) in [5, 5.41) is 21.1. The summed E-state index contributed by atoms with van der Waals surface area (Å²) in [6.45, 7) is 0. The molecule has 68 valence electrons. The number of nitrogens with one attached hydrogen (secondary N) is 1. The molecular weight excluding hydrogens is 168 g/mol. The highest BCUT2D eigenvalue weighted by molar-refractivity contribution is 6.01. The van der Waals surface area contributed by atoms with Gasteiger partial charge in [0.15, 0.2) is 5.72 Å². The van der Waals surface area contributed by atoms with E-state index in [4.69, 9.17) is 5.26 Å². The van der Waals surface area contributed by atoms with Gasteiger partial charge in [-0.3, -0.25) is 4.79 Å². The van der Waals surface area contributed by atoms with Crippen LogP contribution >= 0.6 is 0 Å². The molecule has 0 spiro atoms. The van der Waals surface area contributed by atoms with Gasteiger partial charge in [-0.1, -0.05) is 0 Å². The number of carbonyl (C=O) groups is 1. The lowest BCUT2D eigenvalue weighted by Gasteiger charge is -2.30. The standard InChI is InChI=1S/C9H10N2O2/c10-5-6-7-3-1-2-4-9(7,13)11-8(6)12/h13H,1-4H2,(H,11,12)/t9-/m1/s1. The molecule has 1 fully saturated rings. The van der Waals surface area contributed by atoms with Crippen LogP contribution < -0.4 is 5.32 Å². The molecule has 2 N–H and O–H groups in total. The molecule has 0 bridgehead atoms. The van der Waals surface area contributed by atoms with Gasteiger partial charge in [0.05, 0.1) is 0 Å². The molecule has 0 unspecified atom stereocenters. The van der Waals surface area contributed by atoms with Gasteiger partial charge < -0.3 is 10.4 Å². The highest BCUT2D eigenvalue weighted by Crippen LogP contribution is 2.37. The summed E-state index contributed by atoms with van der Waals surface area (Å²) in [7, 11) is 0. The van der Waals surface area contributed by atoms with E-state index in [1.165, 1.54) is 0 Å². The first-order valence-corrected chi connectivity index (χ1v) is 4.36. The van der Waals surface area contributed by atoms with E-state index in [0.29, 0.717) is 18.4 Å². The van der Waals surface area contributed by atoms with E-state index in [1.54, 1.807) is 0 Å². The van der Waals surface area contributed by atoms with Crippen LogP contribution in [0.25, 0.3) is 0 Å². The molecular formula is C9H10N2O2. The van der Waals surface area contributed by atoms with Crippen LogP contribution in [0, 0.1) is 11.3 Å². The van der Waals surface area contributed by atoms with Gasteiger partial charge in [-0.2, -0.15) is 5.26 Å². The first-order valence-electron chi connectivity index (χ1n) is 4.36. The fourth-order valence-corrected chi connectivity index (χ4v) is 2.02. The zero-order valence-electron chi connectivity index (χ0n) is 7.13. The predicted molar refractivity (Wildman–Crippen MR) is 44.2 cm³/mol. The van der Waals surface area contributed by atoms with Gasteiger partial charge in [-0.25, -0.2) is 0 Å². The van der Waals surface area contributed by atoms with E-state index in [2.05, 4.69) is 5.32 Å². The zero-order valence-corrected chi connectivity index (χ0v) is 7.13. The Labute approximate surface area is 75.9 Å². The van der Waals surface area contributed by atoms with Crippen molar-refractivity contribution in [1.82, 2.24) is 5.32 Å².